The second-order valence-corrected chi connectivity index (χ2v) is 11.3. The third-order valence-corrected chi connectivity index (χ3v) is 7.79. The van der Waals surface area contributed by atoms with Crippen molar-refractivity contribution in [1.29, 1.82) is 0 Å². The molecule has 8 nitrogen and oxygen atoms in total. The number of imidazole rings is 1. The third kappa shape index (κ3) is 6.36. The summed E-state index contributed by atoms with van der Waals surface area (Å²) in [7, 11) is -3.47. The molecule has 2 N–H and O–H groups in total. The molecule has 4 aromatic rings. The minimum absolute atomic E-state index is 0.0452. The van der Waals surface area contributed by atoms with Crippen LogP contribution in [0, 0.1) is 13.8 Å². The SMILES string of the molecule is CCS(=O)(=O)NCC(Cc1ccc(C)cc1)n1c(=NC(=O)O)n(Cc2ccc(C)cc2)c2ccccc21. The number of carboxylic acid groups (broad SMARTS) is 1. The molecule has 1 atom stereocenters. The highest BCUT2D eigenvalue weighted by Gasteiger charge is 2.22. The normalized spacial score (nSPS) is 13.2. The highest BCUT2D eigenvalue weighted by atomic mass is 32.2. The molecule has 0 spiro atoms. The van der Waals surface area contributed by atoms with Crippen LogP contribution in [0.1, 0.15) is 35.2 Å². The highest BCUT2D eigenvalue weighted by molar-refractivity contribution is 7.89. The molecule has 1 heterocycles. The average Bonchev–Trinajstić information content (AvgIpc) is 3.16. The Morgan fingerprint density at radius 1 is 0.919 bits per heavy atom. The summed E-state index contributed by atoms with van der Waals surface area (Å²) in [5.74, 6) is -0.0452. The maximum absolute atomic E-state index is 12.4. The molecule has 0 saturated carbocycles. The number of fused-ring (bicyclic) bond motifs is 1. The number of hydrogen-bond acceptors (Lipinski definition) is 3. The maximum Gasteiger partial charge on any atom is 0.434 e. The van der Waals surface area contributed by atoms with Crippen LogP contribution in [0.15, 0.2) is 77.8 Å². The summed E-state index contributed by atoms with van der Waals surface area (Å²) in [6.07, 6.45) is -0.831. The zero-order valence-corrected chi connectivity index (χ0v) is 22.1. The van der Waals surface area contributed by atoms with Crippen molar-refractivity contribution >= 4 is 27.1 Å². The molecule has 1 aromatic heterocycles. The van der Waals surface area contributed by atoms with E-state index in [0.29, 0.717) is 13.0 Å². The molecule has 1 unspecified atom stereocenters. The van der Waals surface area contributed by atoms with Gasteiger partial charge in [0.2, 0.25) is 15.6 Å². The van der Waals surface area contributed by atoms with Crippen LogP contribution in [-0.4, -0.2) is 41.0 Å². The Labute approximate surface area is 217 Å². The molecule has 37 heavy (non-hydrogen) atoms. The van der Waals surface area contributed by atoms with Crippen LogP contribution in [0.3, 0.4) is 0 Å². The van der Waals surface area contributed by atoms with Crippen molar-refractivity contribution in [3.05, 3.63) is 101 Å². The maximum atomic E-state index is 12.4. The molecule has 3 aromatic carbocycles. The summed E-state index contributed by atoms with van der Waals surface area (Å²) in [5, 5.41) is 9.74. The molecule has 9 heteroatoms. The molecule has 0 aliphatic heterocycles. The second-order valence-electron chi connectivity index (χ2n) is 9.22. The summed E-state index contributed by atoms with van der Waals surface area (Å²) in [4.78, 5) is 15.9. The Bertz CT molecular complexity index is 1570. The highest BCUT2D eigenvalue weighted by Crippen LogP contribution is 2.22. The largest absolute Gasteiger partial charge is 0.463 e. The zero-order chi connectivity index (χ0) is 26.6. The van der Waals surface area contributed by atoms with Crippen LogP contribution < -0.4 is 10.3 Å². The van der Waals surface area contributed by atoms with Gasteiger partial charge in [0.15, 0.2) is 0 Å². The molecule has 0 saturated heterocycles. The second kappa shape index (κ2) is 11.1. The van der Waals surface area contributed by atoms with E-state index >= 15 is 0 Å². The number of amides is 1. The molecule has 0 aliphatic carbocycles. The van der Waals surface area contributed by atoms with Gasteiger partial charge in [-0.2, -0.15) is 0 Å². The van der Waals surface area contributed by atoms with Crippen LogP contribution in [0.4, 0.5) is 4.79 Å². The van der Waals surface area contributed by atoms with Crippen molar-refractivity contribution < 1.29 is 18.3 Å². The molecule has 4 rings (SSSR count). The summed E-state index contributed by atoms with van der Waals surface area (Å²) in [5.41, 5.74) is 6.11. The Morgan fingerprint density at radius 3 is 2.05 bits per heavy atom. The van der Waals surface area contributed by atoms with Gasteiger partial charge in [-0.15, -0.1) is 4.99 Å². The Balaban J connectivity index is 1.92. The molecule has 194 valence electrons. The van der Waals surface area contributed by atoms with Crippen LogP contribution in [-0.2, 0) is 23.0 Å². The first kappa shape index (κ1) is 26.4. The molecule has 0 fully saturated rings. The Morgan fingerprint density at radius 2 is 1.49 bits per heavy atom. The predicted octanol–water partition coefficient (Wildman–Crippen LogP) is 4.41. The van der Waals surface area contributed by atoms with Gasteiger partial charge in [-0.3, -0.25) is 0 Å². The fraction of sp³-hybridized carbons (Fsp3) is 0.286. The first-order valence-corrected chi connectivity index (χ1v) is 13.9. The topological polar surface area (TPSA) is 106 Å². The number of nitrogens with one attached hydrogen (secondary N) is 1. The van der Waals surface area contributed by atoms with Gasteiger partial charge in [0.25, 0.3) is 0 Å². The Kier molecular flexibility index (Phi) is 7.94. The monoisotopic (exact) mass is 520 g/mol. The molecule has 0 radical (unpaired) electrons. The summed E-state index contributed by atoms with van der Waals surface area (Å²) >= 11 is 0. The van der Waals surface area contributed by atoms with Crippen molar-refractivity contribution in [2.75, 3.05) is 12.3 Å². The number of para-hydroxylation sites is 2. The van der Waals surface area contributed by atoms with Gasteiger partial charge in [0.1, 0.15) is 0 Å². The van der Waals surface area contributed by atoms with Gasteiger partial charge >= 0.3 is 6.09 Å². The zero-order valence-electron chi connectivity index (χ0n) is 21.3. The number of benzene rings is 3. The van der Waals surface area contributed by atoms with E-state index in [0.717, 1.165) is 33.3 Å². The first-order valence-electron chi connectivity index (χ1n) is 12.2. The van der Waals surface area contributed by atoms with E-state index < -0.39 is 22.2 Å². The lowest BCUT2D eigenvalue weighted by atomic mass is 10.0. The van der Waals surface area contributed by atoms with E-state index in [1.165, 1.54) is 0 Å². The van der Waals surface area contributed by atoms with E-state index in [1.54, 1.807) is 6.92 Å². The first-order chi connectivity index (χ1) is 17.7. The number of sulfonamides is 1. The quantitative estimate of drug-likeness (QED) is 0.341. The van der Waals surface area contributed by atoms with Crippen LogP contribution in [0.25, 0.3) is 11.0 Å². The summed E-state index contributed by atoms with van der Waals surface area (Å²) in [6.45, 7) is 6.12. The van der Waals surface area contributed by atoms with Gasteiger partial charge in [-0.25, -0.2) is 17.9 Å². The number of aromatic nitrogens is 2. The van der Waals surface area contributed by atoms with Gasteiger partial charge in [0, 0.05) is 6.54 Å². The molecular weight excluding hydrogens is 488 g/mol. The fourth-order valence-corrected chi connectivity index (χ4v) is 5.06. The van der Waals surface area contributed by atoms with Crippen molar-refractivity contribution in [3.63, 3.8) is 0 Å². The van der Waals surface area contributed by atoms with Crippen LogP contribution in [0.2, 0.25) is 0 Å². The van der Waals surface area contributed by atoms with E-state index in [-0.39, 0.29) is 17.9 Å². The predicted molar refractivity (Wildman–Crippen MR) is 145 cm³/mol. The lowest BCUT2D eigenvalue weighted by molar-refractivity contribution is 0.204. The van der Waals surface area contributed by atoms with E-state index in [4.69, 9.17) is 0 Å². The summed E-state index contributed by atoms with van der Waals surface area (Å²) in [6, 6.07) is 23.3. The van der Waals surface area contributed by atoms with Crippen molar-refractivity contribution in [1.82, 2.24) is 13.9 Å². The third-order valence-electron chi connectivity index (χ3n) is 6.42. The molecule has 0 bridgehead atoms. The van der Waals surface area contributed by atoms with E-state index in [9.17, 15) is 18.3 Å². The molecule has 1 amide bonds. The lowest BCUT2D eigenvalue weighted by Gasteiger charge is -2.21. The van der Waals surface area contributed by atoms with Crippen molar-refractivity contribution in [2.45, 2.75) is 39.8 Å². The fourth-order valence-electron chi connectivity index (χ4n) is 4.41. The standard InChI is InChI=1S/C28H32N4O4S/c1-4-37(35,36)29-18-24(17-22-13-9-20(2)10-14-22)32-26-8-6-5-7-25(26)31(27(32)30-28(33)34)19-23-15-11-21(3)12-16-23/h5-16,24,29H,4,17-19H2,1-3H3,(H,33,34). The average molecular weight is 521 g/mol. The summed E-state index contributed by atoms with van der Waals surface area (Å²) < 4.78 is 31.2. The number of rotatable bonds is 9. The number of nitrogens with zero attached hydrogens (tertiary/aromatic N) is 3. The Hall–Kier alpha value is -3.69. The molecule has 0 aliphatic rings. The van der Waals surface area contributed by atoms with Gasteiger partial charge in [-0.05, 0) is 50.5 Å². The van der Waals surface area contributed by atoms with Crippen molar-refractivity contribution in [3.8, 4) is 0 Å². The van der Waals surface area contributed by atoms with Gasteiger partial charge < -0.3 is 14.2 Å². The number of hydrogen-bond donors (Lipinski definition) is 2. The van der Waals surface area contributed by atoms with Gasteiger partial charge in [0.05, 0.1) is 29.4 Å². The van der Waals surface area contributed by atoms with Crippen LogP contribution in [0.5, 0.6) is 0 Å². The van der Waals surface area contributed by atoms with Crippen LogP contribution >= 0.6 is 0 Å². The minimum atomic E-state index is -3.47. The molecular formula is C28H32N4O4S. The van der Waals surface area contributed by atoms with E-state index in [1.807, 2.05) is 95.8 Å². The number of carbonyl (C=O) groups is 1. The van der Waals surface area contributed by atoms with Gasteiger partial charge in [-0.1, -0.05) is 71.8 Å². The van der Waals surface area contributed by atoms with E-state index in [2.05, 4.69) is 9.71 Å². The number of aryl methyl sites for hydroxylation is 2. The van der Waals surface area contributed by atoms with Crippen molar-refractivity contribution in [2.24, 2.45) is 4.99 Å². The minimum Gasteiger partial charge on any atom is -0.463 e. The smallest absolute Gasteiger partial charge is 0.434 e. The lowest BCUT2D eigenvalue weighted by Crippen LogP contribution is -2.38.